The number of benzene rings is 1. The molecule has 0 amide bonds. The smallest absolute Gasteiger partial charge is 0.191 e. The van der Waals surface area contributed by atoms with Crippen LogP contribution in [0, 0.1) is 5.13 Å². The monoisotopic (exact) mass is 213 g/mol. The van der Waals surface area contributed by atoms with Crippen molar-refractivity contribution >= 4 is 38.9 Å². The van der Waals surface area contributed by atoms with E-state index >= 15 is 0 Å². The van der Waals surface area contributed by atoms with Crippen LogP contribution in [-0.2, 0) is 0 Å². The lowest BCUT2D eigenvalue weighted by Gasteiger charge is -1.97. The lowest BCUT2D eigenvalue weighted by atomic mass is 10.2. The summed E-state index contributed by atoms with van der Waals surface area (Å²) < 4.78 is 14.2. The van der Waals surface area contributed by atoms with Gasteiger partial charge in [-0.05, 0) is 18.4 Å². The molecule has 68 valence electrons. The average Bonchev–Trinajstić information content (AvgIpc) is 2.42. The van der Waals surface area contributed by atoms with Crippen LogP contribution in [0.15, 0.2) is 23.1 Å². The standard InChI is InChI=1S/C9H8FNS2/c1-12-8-7-5(11)3-2-4-6(7)13-9(8)10/h2-4H,11H2,1H3. The van der Waals surface area contributed by atoms with E-state index in [9.17, 15) is 4.39 Å². The molecular weight excluding hydrogens is 205 g/mol. The van der Waals surface area contributed by atoms with E-state index in [1.165, 1.54) is 11.8 Å². The number of rotatable bonds is 1. The Kier molecular flexibility index (Phi) is 2.17. The average molecular weight is 213 g/mol. The second kappa shape index (κ2) is 3.20. The van der Waals surface area contributed by atoms with Crippen molar-refractivity contribution in [2.45, 2.75) is 4.90 Å². The molecular formula is C9H8FNS2. The third-order valence-electron chi connectivity index (χ3n) is 1.87. The molecule has 2 aromatic rings. The predicted molar refractivity (Wildman–Crippen MR) is 58.0 cm³/mol. The van der Waals surface area contributed by atoms with Gasteiger partial charge in [0, 0.05) is 15.8 Å². The summed E-state index contributed by atoms with van der Waals surface area (Å²) in [5, 5.41) is 0.720. The number of thioether (sulfide) groups is 1. The number of anilines is 1. The van der Waals surface area contributed by atoms with E-state index in [0.717, 1.165) is 21.4 Å². The van der Waals surface area contributed by atoms with Crippen LogP contribution in [-0.4, -0.2) is 6.26 Å². The van der Waals surface area contributed by atoms with Crippen LogP contribution in [0.3, 0.4) is 0 Å². The first-order valence-electron chi connectivity index (χ1n) is 3.74. The molecule has 0 aliphatic carbocycles. The molecule has 0 spiro atoms. The highest BCUT2D eigenvalue weighted by molar-refractivity contribution is 7.99. The molecule has 1 aromatic heterocycles. The molecule has 0 unspecified atom stereocenters. The van der Waals surface area contributed by atoms with E-state index < -0.39 is 0 Å². The largest absolute Gasteiger partial charge is 0.398 e. The number of hydrogen-bond acceptors (Lipinski definition) is 3. The van der Waals surface area contributed by atoms with Crippen LogP contribution >= 0.6 is 23.1 Å². The summed E-state index contributed by atoms with van der Waals surface area (Å²) in [5.74, 6) is 0. The highest BCUT2D eigenvalue weighted by Crippen LogP contribution is 2.38. The molecule has 13 heavy (non-hydrogen) atoms. The van der Waals surface area contributed by atoms with Gasteiger partial charge in [0.2, 0.25) is 0 Å². The van der Waals surface area contributed by atoms with Crippen molar-refractivity contribution in [1.82, 2.24) is 0 Å². The fourth-order valence-corrected chi connectivity index (χ4v) is 3.19. The topological polar surface area (TPSA) is 26.0 Å². The molecule has 1 nitrogen and oxygen atoms in total. The minimum absolute atomic E-state index is 0.139. The van der Waals surface area contributed by atoms with E-state index in [1.807, 2.05) is 18.4 Å². The number of hydrogen-bond donors (Lipinski definition) is 1. The minimum atomic E-state index is -0.139. The zero-order chi connectivity index (χ0) is 9.42. The Morgan fingerprint density at radius 3 is 2.92 bits per heavy atom. The maximum absolute atomic E-state index is 13.3. The molecule has 0 saturated heterocycles. The summed E-state index contributed by atoms with van der Waals surface area (Å²) in [5.41, 5.74) is 6.43. The Balaban J connectivity index is 2.88. The molecule has 0 bridgehead atoms. The van der Waals surface area contributed by atoms with Gasteiger partial charge >= 0.3 is 0 Å². The van der Waals surface area contributed by atoms with Crippen molar-refractivity contribution in [3.8, 4) is 0 Å². The number of fused-ring (bicyclic) bond motifs is 1. The third kappa shape index (κ3) is 1.30. The van der Waals surface area contributed by atoms with E-state index in [0.29, 0.717) is 10.6 Å². The van der Waals surface area contributed by atoms with Gasteiger partial charge in [-0.1, -0.05) is 6.07 Å². The van der Waals surface area contributed by atoms with E-state index in [1.54, 1.807) is 6.07 Å². The second-order valence-corrected chi connectivity index (χ2v) is 4.45. The molecule has 0 atom stereocenters. The Morgan fingerprint density at radius 2 is 2.23 bits per heavy atom. The van der Waals surface area contributed by atoms with Crippen molar-refractivity contribution in [3.05, 3.63) is 23.3 Å². The van der Waals surface area contributed by atoms with Crippen LogP contribution in [0.4, 0.5) is 10.1 Å². The second-order valence-electron chi connectivity index (χ2n) is 2.63. The Labute approximate surface area is 83.7 Å². The molecule has 0 fully saturated rings. The van der Waals surface area contributed by atoms with E-state index in [4.69, 9.17) is 5.73 Å². The zero-order valence-corrected chi connectivity index (χ0v) is 8.64. The van der Waals surface area contributed by atoms with Crippen molar-refractivity contribution in [3.63, 3.8) is 0 Å². The van der Waals surface area contributed by atoms with Crippen LogP contribution in [0.5, 0.6) is 0 Å². The predicted octanol–water partition coefficient (Wildman–Crippen LogP) is 3.34. The molecule has 0 aliphatic heterocycles. The third-order valence-corrected chi connectivity index (χ3v) is 3.73. The summed E-state index contributed by atoms with van der Waals surface area (Å²) in [6.07, 6.45) is 1.86. The Morgan fingerprint density at radius 1 is 1.46 bits per heavy atom. The van der Waals surface area contributed by atoms with Crippen molar-refractivity contribution in [2.24, 2.45) is 0 Å². The van der Waals surface area contributed by atoms with Gasteiger partial charge in [-0.15, -0.1) is 23.1 Å². The summed E-state index contributed by atoms with van der Waals surface area (Å²) >= 11 is 2.55. The number of halogens is 1. The van der Waals surface area contributed by atoms with Gasteiger partial charge in [0.05, 0.1) is 4.90 Å². The van der Waals surface area contributed by atoms with E-state index in [2.05, 4.69) is 0 Å². The Bertz CT molecular complexity index is 450. The van der Waals surface area contributed by atoms with Gasteiger partial charge in [0.25, 0.3) is 0 Å². The minimum Gasteiger partial charge on any atom is -0.398 e. The molecule has 4 heteroatoms. The summed E-state index contributed by atoms with van der Waals surface area (Å²) in [7, 11) is 0. The Hall–Kier alpha value is -0.740. The van der Waals surface area contributed by atoms with Gasteiger partial charge in [0.15, 0.2) is 5.13 Å². The lowest BCUT2D eigenvalue weighted by Crippen LogP contribution is -1.84. The molecule has 0 saturated carbocycles. The molecule has 0 aliphatic rings. The SMILES string of the molecule is CSc1c(F)sc2cccc(N)c12. The van der Waals surface area contributed by atoms with Gasteiger partial charge in [-0.25, -0.2) is 0 Å². The number of nitrogen functional groups attached to an aromatic ring is 1. The fourth-order valence-electron chi connectivity index (χ4n) is 1.30. The van der Waals surface area contributed by atoms with E-state index in [-0.39, 0.29) is 5.13 Å². The van der Waals surface area contributed by atoms with Crippen molar-refractivity contribution in [2.75, 3.05) is 12.0 Å². The first-order valence-corrected chi connectivity index (χ1v) is 5.78. The first-order chi connectivity index (χ1) is 6.24. The highest BCUT2D eigenvalue weighted by atomic mass is 32.2. The lowest BCUT2D eigenvalue weighted by molar-refractivity contribution is 0.636. The first kappa shape index (κ1) is 8.84. The van der Waals surface area contributed by atoms with Crippen molar-refractivity contribution < 1.29 is 4.39 Å². The molecule has 2 rings (SSSR count). The van der Waals surface area contributed by atoms with Crippen LogP contribution in [0.2, 0.25) is 0 Å². The fraction of sp³-hybridized carbons (Fsp3) is 0.111. The normalized spacial score (nSPS) is 10.9. The van der Waals surface area contributed by atoms with Crippen LogP contribution in [0.1, 0.15) is 0 Å². The van der Waals surface area contributed by atoms with Crippen molar-refractivity contribution in [1.29, 1.82) is 0 Å². The summed E-state index contributed by atoms with van der Waals surface area (Å²) in [6, 6.07) is 5.53. The maximum Gasteiger partial charge on any atom is 0.191 e. The zero-order valence-electron chi connectivity index (χ0n) is 7.00. The molecule has 0 radical (unpaired) electrons. The highest BCUT2D eigenvalue weighted by Gasteiger charge is 2.12. The van der Waals surface area contributed by atoms with Gasteiger partial charge in [-0.2, -0.15) is 4.39 Å². The number of nitrogens with two attached hydrogens (primary N) is 1. The van der Waals surface area contributed by atoms with Gasteiger partial charge < -0.3 is 5.73 Å². The molecule has 1 aromatic carbocycles. The molecule has 1 heterocycles. The van der Waals surface area contributed by atoms with Crippen LogP contribution in [0.25, 0.3) is 10.1 Å². The van der Waals surface area contributed by atoms with Gasteiger partial charge in [-0.3, -0.25) is 0 Å². The quantitative estimate of drug-likeness (QED) is 0.580. The van der Waals surface area contributed by atoms with Crippen LogP contribution < -0.4 is 5.73 Å². The maximum atomic E-state index is 13.3. The number of thiophene rings is 1. The molecule has 2 N–H and O–H groups in total. The summed E-state index contributed by atoms with van der Waals surface area (Å²) in [6.45, 7) is 0. The summed E-state index contributed by atoms with van der Waals surface area (Å²) in [4.78, 5) is 0.665. The van der Waals surface area contributed by atoms with Gasteiger partial charge in [0.1, 0.15) is 0 Å².